The molecule has 0 aliphatic carbocycles. The van der Waals surface area contributed by atoms with E-state index in [0.717, 1.165) is 11.3 Å². The molecule has 2 aromatic carbocycles. The number of aromatic nitrogens is 1. The summed E-state index contributed by atoms with van der Waals surface area (Å²) < 4.78 is 5.42. The van der Waals surface area contributed by atoms with Crippen LogP contribution in [0, 0.1) is 6.92 Å². The zero-order valence-electron chi connectivity index (χ0n) is 13.7. The van der Waals surface area contributed by atoms with Crippen LogP contribution in [0.5, 0.6) is 5.75 Å². The topological polar surface area (TPSA) is 51.2 Å². The molecule has 0 aliphatic rings. The van der Waals surface area contributed by atoms with E-state index >= 15 is 0 Å². The van der Waals surface area contributed by atoms with Gasteiger partial charge in [-0.05, 0) is 36.8 Å². The maximum Gasteiger partial charge on any atom is 0.264 e. The molecule has 3 aromatic rings. The van der Waals surface area contributed by atoms with Gasteiger partial charge in [0.2, 0.25) is 0 Å². The monoisotopic (exact) mass is 372 g/mol. The Morgan fingerprint density at radius 3 is 2.80 bits per heavy atom. The largest absolute Gasteiger partial charge is 0.484 e. The maximum atomic E-state index is 12.0. The minimum Gasteiger partial charge on any atom is -0.484 e. The van der Waals surface area contributed by atoms with E-state index in [-0.39, 0.29) is 12.5 Å². The molecular weight excluding hydrogens is 356 g/mol. The van der Waals surface area contributed by atoms with Gasteiger partial charge >= 0.3 is 0 Å². The van der Waals surface area contributed by atoms with Gasteiger partial charge in [0, 0.05) is 22.5 Å². The molecule has 0 aliphatic heterocycles. The van der Waals surface area contributed by atoms with Crippen LogP contribution in [0.15, 0.2) is 54.7 Å². The van der Waals surface area contributed by atoms with E-state index in [1.807, 2.05) is 6.07 Å². The Hall–Kier alpha value is -2.37. The fraction of sp³-hybridized carbons (Fsp3) is 0.158. The molecule has 1 N–H and O–H groups in total. The summed E-state index contributed by atoms with van der Waals surface area (Å²) in [4.78, 5) is 17.3. The zero-order chi connectivity index (χ0) is 17.6. The van der Waals surface area contributed by atoms with E-state index < -0.39 is 0 Å². The first-order valence-corrected chi connectivity index (χ1v) is 8.96. The lowest BCUT2D eigenvalue weighted by Gasteiger charge is -2.05. The number of anilines is 1. The number of nitrogens with one attached hydrogen (secondary N) is 1. The summed E-state index contributed by atoms with van der Waals surface area (Å²) in [5, 5.41) is 3.96. The van der Waals surface area contributed by atoms with Gasteiger partial charge in [-0.2, -0.15) is 0 Å². The number of benzene rings is 2. The number of nitrogens with zero attached hydrogens (tertiary/aromatic N) is 1. The molecule has 1 aromatic heterocycles. The highest BCUT2D eigenvalue weighted by Gasteiger charge is 2.08. The second kappa shape index (κ2) is 8.14. The summed E-state index contributed by atoms with van der Waals surface area (Å²) in [6.45, 7) is 2.00. The van der Waals surface area contributed by atoms with Gasteiger partial charge in [-0.15, -0.1) is 11.3 Å². The van der Waals surface area contributed by atoms with Crippen molar-refractivity contribution in [1.82, 2.24) is 4.98 Å². The molecule has 25 heavy (non-hydrogen) atoms. The summed E-state index contributed by atoms with van der Waals surface area (Å²) in [5.74, 6) is 0.352. The SMILES string of the molecule is Cc1cccc(Cc2cnc(NC(=O)COc3ccc(Cl)cc3)s2)c1. The number of hydrogen-bond donors (Lipinski definition) is 1. The maximum absolute atomic E-state index is 12.0. The number of ether oxygens (including phenoxy) is 1. The van der Waals surface area contributed by atoms with Crippen molar-refractivity contribution in [3.8, 4) is 5.75 Å². The van der Waals surface area contributed by atoms with Crippen molar-refractivity contribution in [1.29, 1.82) is 0 Å². The van der Waals surface area contributed by atoms with Crippen LogP contribution in [0.3, 0.4) is 0 Å². The van der Waals surface area contributed by atoms with Gasteiger partial charge in [-0.3, -0.25) is 10.1 Å². The van der Waals surface area contributed by atoms with Crippen molar-refractivity contribution in [2.24, 2.45) is 0 Å². The highest BCUT2D eigenvalue weighted by atomic mass is 35.5. The molecule has 1 heterocycles. The van der Waals surface area contributed by atoms with E-state index in [9.17, 15) is 4.79 Å². The average Bonchev–Trinajstić information content (AvgIpc) is 3.01. The number of aryl methyl sites for hydroxylation is 1. The minimum atomic E-state index is -0.244. The van der Waals surface area contributed by atoms with E-state index in [1.165, 1.54) is 22.5 Å². The van der Waals surface area contributed by atoms with Crippen LogP contribution in [0.2, 0.25) is 5.02 Å². The van der Waals surface area contributed by atoms with Crippen LogP contribution in [0.4, 0.5) is 5.13 Å². The first-order valence-electron chi connectivity index (χ1n) is 7.77. The molecule has 0 atom stereocenters. The Morgan fingerprint density at radius 1 is 1.24 bits per heavy atom. The summed E-state index contributed by atoms with van der Waals surface area (Å²) in [6, 6.07) is 15.2. The van der Waals surface area contributed by atoms with Crippen molar-refractivity contribution in [3.63, 3.8) is 0 Å². The van der Waals surface area contributed by atoms with Gasteiger partial charge in [0.25, 0.3) is 5.91 Å². The first-order chi connectivity index (χ1) is 12.1. The molecule has 6 heteroatoms. The van der Waals surface area contributed by atoms with Crippen molar-refractivity contribution >= 4 is 34.0 Å². The van der Waals surface area contributed by atoms with Gasteiger partial charge in [0.05, 0.1) is 0 Å². The molecule has 1 amide bonds. The fourth-order valence-electron chi connectivity index (χ4n) is 2.31. The average molecular weight is 373 g/mol. The highest BCUT2D eigenvalue weighted by molar-refractivity contribution is 7.15. The van der Waals surface area contributed by atoms with Gasteiger partial charge in [-0.25, -0.2) is 4.98 Å². The van der Waals surface area contributed by atoms with Crippen molar-refractivity contribution in [2.75, 3.05) is 11.9 Å². The predicted octanol–water partition coefficient (Wildman–Crippen LogP) is 4.71. The molecule has 0 bridgehead atoms. The number of carbonyl (C=O) groups excluding carboxylic acids is 1. The number of carbonyl (C=O) groups is 1. The molecule has 0 radical (unpaired) electrons. The first kappa shape index (κ1) is 17.5. The summed E-state index contributed by atoms with van der Waals surface area (Å²) in [7, 11) is 0. The molecule has 0 unspecified atom stereocenters. The number of halogens is 1. The molecule has 0 spiro atoms. The fourth-order valence-corrected chi connectivity index (χ4v) is 3.29. The number of amides is 1. The van der Waals surface area contributed by atoms with Crippen LogP contribution in [0.25, 0.3) is 0 Å². The molecule has 0 fully saturated rings. The van der Waals surface area contributed by atoms with Crippen LogP contribution in [-0.4, -0.2) is 17.5 Å². The summed E-state index contributed by atoms with van der Waals surface area (Å²) in [5.41, 5.74) is 2.46. The second-order valence-electron chi connectivity index (χ2n) is 5.59. The molecule has 4 nitrogen and oxygen atoms in total. The Labute approximate surface area is 155 Å². The van der Waals surface area contributed by atoms with Gasteiger partial charge in [0.15, 0.2) is 11.7 Å². The van der Waals surface area contributed by atoms with Crippen molar-refractivity contribution in [3.05, 3.63) is 75.8 Å². The highest BCUT2D eigenvalue weighted by Crippen LogP contribution is 2.22. The smallest absolute Gasteiger partial charge is 0.264 e. The van der Waals surface area contributed by atoms with Crippen LogP contribution < -0.4 is 10.1 Å². The summed E-state index contributed by atoms with van der Waals surface area (Å²) >= 11 is 7.28. The van der Waals surface area contributed by atoms with E-state index in [0.29, 0.717) is 15.9 Å². The number of hydrogen-bond acceptors (Lipinski definition) is 4. The van der Waals surface area contributed by atoms with Crippen LogP contribution >= 0.6 is 22.9 Å². The molecule has 3 rings (SSSR count). The van der Waals surface area contributed by atoms with E-state index in [1.54, 1.807) is 30.5 Å². The Bertz CT molecular complexity index is 862. The standard InChI is InChI=1S/C19H17ClN2O2S/c1-13-3-2-4-14(9-13)10-17-11-21-19(25-17)22-18(23)12-24-16-7-5-15(20)6-8-16/h2-9,11H,10,12H2,1H3,(H,21,22,23). The van der Waals surface area contributed by atoms with Crippen molar-refractivity contribution in [2.45, 2.75) is 13.3 Å². The van der Waals surface area contributed by atoms with E-state index in [4.69, 9.17) is 16.3 Å². The molecule has 0 saturated carbocycles. The second-order valence-corrected chi connectivity index (χ2v) is 7.14. The van der Waals surface area contributed by atoms with Crippen molar-refractivity contribution < 1.29 is 9.53 Å². The van der Waals surface area contributed by atoms with Gasteiger partial charge in [-0.1, -0.05) is 41.4 Å². The van der Waals surface area contributed by atoms with Crippen LogP contribution in [0.1, 0.15) is 16.0 Å². The zero-order valence-corrected chi connectivity index (χ0v) is 15.2. The van der Waals surface area contributed by atoms with Gasteiger partial charge in [0.1, 0.15) is 5.75 Å². The van der Waals surface area contributed by atoms with Gasteiger partial charge < -0.3 is 4.74 Å². The molecule has 128 valence electrons. The lowest BCUT2D eigenvalue weighted by Crippen LogP contribution is -2.19. The van der Waals surface area contributed by atoms with E-state index in [2.05, 4.69) is 35.4 Å². The van der Waals surface area contributed by atoms with Crippen LogP contribution in [-0.2, 0) is 11.2 Å². The Morgan fingerprint density at radius 2 is 2.04 bits per heavy atom. The lowest BCUT2D eigenvalue weighted by molar-refractivity contribution is -0.118. The predicted molar refractivity (Wildman–Crippen MR) is 102 cm³/mol. The quantitative estimate of drug-likeness (QED) is 0.681. The third-order valence-electron chi connectivity index (χ3n) is 3.44. The number of rotatable bonds is 6. The Kier molecular flexibility index (Phi) is 5.68. The minimum absolute atomic E-state index is 0.0750. The lowest BCUT2D eigenvalue weighted by atomic mass is 10.1. The third-order valence-corrected chi connectivity index (χ3v) is 4.61. The molecular formula is C19H17ClN2O2S. The summed E-state index contributed by atoms with van der Waals surface area (Å²) in [6.07, 6.45) is 2.60. The third kappa shape index (κ3) is 5.31. The Balaban J connectivity index is 1.52. The molecule has 0 saturated heterocycles. The number of thiazole rings is 1. The normalized spacial score (nSPS) is 10.5.